The molecule has 1 aromatic rings. The lowest BCUT2D eigenvalue weighted by molar-refractivity contribution is 0.312. The number of rotatable bonds is 9. The van der Waals surface area contributed by atoms with Gasteiger partial charge in [0.05, 0.1) is 12.3 Å². The smallest absolute Gasteiger partial charge is 0.142 e. The second-order valence-corrected chi connectivity index (χ2v) is 6.10. The third kappa shape index (κ3) is 6.83. The van der Waals surface area contributed by atoms with Gasteiger partial charge in [0.15, 0.2) is 0 Å². The van der Waals surface area contributed by atoms with E-state index in [0.29, 0.717) is 5.92 Å². The summed E-state index contributed by atoms with van der Waals surface area (Å²) in [6, 6.07) is 4.05. The number of nitrogens with one attached hydrogen (secondary N) is 1. The van der Waals surface area contributed by atoms with Crippen LogP contribution in [0.1, 0.15) is 31.7 Å². The summed E-state index contributed by atoms with van der Waals surface area (Å²) in [5.74, 6) is 2.71. The van der Waals surface area contributed by atoms with E-state index in [4.69, 9.17) is 4.74 Å². The van der Waals surface area contributed by atoms with E-state index in [9.17, 15) is 0 Å². The van der Waals surface area contributed by atoms with Crippen LogP contribution in [0.15, 0.2) is 12.1 Å². The first-order valence-electron chi connectivity index (χ1n) is 6.92. The van der Waals surface area contributed by atoms with Gasteiger partial charge in [0.1, 0.15) is 5.75 Å². The highest BCUT2D eigenvalue weighted by Crippen LogP contribution is 2.17. The second-order valence-electron chi connectivity index (χ2n) is 5.12. The van der Waals surface area contributed by atoms with E-state index in [1.54, 1.807) is 0 Å². The van der Waals surface area contributed by atoms with Crippen molar-refractivity contribution in [1.82, 2.24) is 10.3 Å². The maximum Gasteiger partial charge on any atom is 0.142 e. The summed E-state index contributed by atoms with van der Waals surface area (Å²) in [6.45, 7) is 8.97. The maximum atomic E-state index is 5.84. The molecule has 0 aliphatic rings. The Morgan fingerprint density at radius 1 is 1.37 bits per heavy atom. The van der Waals surface area contributed by atoms with Crippen LogP contribution in [0.5, 0.6) is 5.75 Å². The van der Waals surface area contributed by atoms with Crippen molar-refractivity contribution in [2.45, 2.75) is 33.7 Å². The van der Waals surface area contributed by atoms with E-state index in [1.165, 1.54) is 0 Å². The first-order valence-corrected chi connectivity index (χ1v) is 8.32. The average Bonchev–Trinajstić information content (AvgIpc) is 2.36. The summed E-state index contributed by atoms with van der Waals surface area (Å²) in [4.78, 5) is 4.58. The Kier molecular flexibility index (Phi) is 7.91. The standard InChI is InChI=1S/C15H26N2OS/c1-12(2)10-16-11-14-15(7-6-13(3)17-14)18-8-5-9-19-4/h6-7,12,16H,5,8-11H2,1-4H3. The number of hydrogen-bond donors (Lipinski definition) is 1. The molecule has 0 aliphatic heterocycles. The third-order valence-electron chi connectivity index (χ3n) is 2.67. The van der Waals surface area contributed by atoms with Gasteiger partial charge in [-0.3, -0.25) is 4.98 Å². The zero-order chi connectivity index (χ0) is 14.1. The molecule has 0 radical (unpaired) electrons. The molecule has 0 saturated heterocycles. The van der Waals surface area contributed by atoms with Crippen LogP contribution in [0.25, 0.3) is 0 Å². The predicted molar refractivity (Wildman–Crippen MR) is 84.0 cm³/mol. The van der Waals surface area contributed by atoms with Gasteiger partial charge in [-0.1, -0.05) is 13.8 Å². The summed E-state index contributed by atoms with van der Waals surface area (Å²) in [6.07, 6.45) is 3.20. The number of pyridine rings is 1. The lowest BCUT2D eigenvalue weighted by Crippen LogP contribution is -2.20. The van der Waals surface area contributed by atoms with Gasteiger partial charge in [-0.2, -0.15) is 11.8 Å². The molecule has 1 rings (SSSR count). The van der Waals surface area contributed by atoms with E-state index in [2.05, 4.69) is 30.4 Å². The van der Waals surface area contributed by atoms with E-state index >= 15 is 0 Å². The van der Waals surface area contributed by atoms with Crippen LogP contribution >= 0.6 is 11.8 Å². The van der Waals surface area contributed by atoms with Crippen molar-refractivity contribution in [2.24, 2.45) is 5.92 Å². The van der Waals surface area contributed by atoms with Crippen LogP contribution < -0.4 is 10.1 Å². The Bertz CT molecular complexity index is 369. The van der Waals surface area contributed by atoms with Gasteiger partial charge in [-0.15, -0.1) is 0 Å². The minimum absolute atomic E-state index is 0.649. The fourth-order valence-corrected chi connectivity index (χ4v) is 2.13. The first-order chi connectivity index (χ1) is 9.13. The van der Waals surface area contributed by atoms with Gasteiger partial charge < -0.3 is 10.1 Å². The Morgan fingerprint density at radius 2 is 2.16 bits per heavy atom. The molecule has 3 nitrogen and oxygen atoms in total. The normalized spacial score (nSPS) is 11.0. The largest absolute Gasteiger partial charge is 0.492 e. The molecule has 108 valence electrons. The number of aromatic nitrogens is 1. The summed E-state index contributed by atoms with van der Waals surface area (Å²) in [7, 11) is 0. The molecule has 0 aromatic carbocycles. The highest BCUT2D eigenvalue weighted by Gasteiger charge is 2.06. The molecule has 0 amide bonds. The molecule has 1 heterocycles. The third-order valence-corrected chi connectivity index (χ3v) is 3.36. The minimum atomic E-state index is 0.649. The summed E-state index contributed by atoms with van der Waals surface area (Å²) in [5.41, 5.74) is 2.06. The quantitative estimate of drug-likeness (QED) is 0.705. The summed E-state index contributed by atoms with van der Waals surface area (Å²) < 4.78 is 5.84. The fraction of sp³-hybridized carbons (Fsp3) is 0.667. The molecule has 0 bridgehead atoms. The SMILES string of the molecule is CSCCCOc1ccc(C)nc1CNCC(C)C. The molecule has 19 heavy (non-hydrogen) atoms. The Morgan fingerprint density at radius 3 is 2.84 bits per heavy atom. The predicted octanol–water partition coefficient (Wildman–Crippen LogP) is 3.27. The lowest BCUT2D eigenvalue weighted by atomic mass is 10.2. The fourth-order valence-electron chi connectivity index (χ4n) is 1.72. The van der Waals surface area contributed by atoms with E-state index in [1.807, 2.05) is 30.8 Å². The Balaban J connectivity index is 2.53. The highest BCUT2D eigenvalue weighted by molar-refractivity contribution is 7.98. The van der Waals surface area contributed by atoms with Gasteiger partial charge in [-0.05, 0) is 49.9 Å². The molecule has 1 aromatic heterocycles. The van der Waals surface area contributed by atoms with Crippen LogP contribution in [0.4, 0.5) is 0 Å². The van der Waals surface area contributed by atoms with Gasteiger partial charge in [0, 0.05) is 12.2 Å². The van der Waals surface area contributed by atoms with Crippen molar-refractivity contribution in [2.75, 3.05) is 25.2 Å². The molecule has 0 fully saturated rings. The summed E-state index contributed by atoms with van der Waals surface area (Å²) >= 11 is 1.85. The summed E-state index contributed by atoms with van der Waals surface area (Å²) in [5, 5.41) is 3.42. The monoisotopic (exact) mass is 282 g/mol. The van der Waals surface area contributed by atoms with Crippen LogP contribution in [-0.4, -0.2) is 30.1 Å². The van der Waals surface area contributed by atoms with Gasteiger partial charge in [0.25, 0.3) is 0 Å². The van der Waals surface area contributed by atoms with Gasteiger partial charge in [0.2, 0.25) is 0 Å². The van der Waals surface area contributed by atoms with Crippen molar-refractivity contribution in [3.63, 3.8) is 0 Å². The zero-order valence-corrected chi connectivity index (χ0v) is 13.3. The molecule has 4 heteroatoms. The van der Waals surface area contributed by atoms with Crippen molar-refractivity contribution >= 4 is 11.8 Å². The number of aryl methyl sites for hydroxylation is 1. The highest BCUT2D eigenvalue weighted by atomic mass is 32.2. The van der Waals surface area contributed by atoms with Crippen LogP contribution in [0.2, 0.25) is 0 Å². The zero-order valence-electron chi connectivity index (χ0n) is 12.5. The van der Waals surface area contributed by atoms with Crippen molar-refractivity contribution < 1.29 is 4.74 Å². The van der Waals surface area contributed by atoms with Crippen molar-refractivity contribution in [3.05, 3.63) is 23.5 Å². The van der Waals surface area contributed by atoms with E-state index in [-0.39, 0.29) is 0 Å². The Hall–Kier alpha value is -0.740. The van der Waals surface area contributed by atoms with Gasteiger partial charge in [-0.25, -0.2) is 0 Å². The van der Waals surface area contributed by atoms with E-state index in [0.717, 1.165) is 49.0 Å². The Labute approximate surface area is 121 Å². The first kappa shape index (κ1) is 16.3. The molecule has 0 saturated carbocycles. The number of nitrogens with zero attached hydrogens (tertiary/aromatic N) is 1. The molecule has 0 spiro atoms. The molecule has 0 aliphatic carbocycles. The van der Waals surface area contributed by atoms with Gasteiger partial charge >= 0.3 is 0 Å². The molecule has 1 N–H and O–H groups in total. The molecular formula is C15H26N2OS. The number of ether oxygens (including phenoxy) is 1. The average molecular weight is 282 g/mol. The molecule has 0 unspecified atom stereocenters. The van der Waals surface area contributed by atoms with Crippen LogP contribution in [0, 0.1) is 12.8 Å². The van der Waals surface area contributed by atoms with Crippen LogP contribution in [-0.2, 0) is 6.54 Å². The maximum absolute atomic E-state index is 5.84. The molecule has 0 atom stereocenters. The van der Waals surface area contributed by atoms with Crippen molar-refractivity contribution in [1.29, 1.82) is 0 Å². The molecular weight excluding hydrogens is 256 g/mol. The minimum Gasteiger partial charge on any atom is -0.492 e. The number of hydrogen-bond acceptors (Lipinski definition) is 4. The lowest BCUT2D eigenvalue weighted by Gasteiger charge is -2.13. The second kappa shape index (κ2) is 9.21. The van der Waals surface area contributed by atoms with Crippen molar-refractivity contribution in [3.8, 4) is 5.75 Å². The topological polar surface area (TPSA) is 34.1 Å². The number of thioether (sulfide) groups is 1. The van der Waals surface area contributed by atoms with Crippen LogP contribution in [0.3, 0.4) is 0 Å². The van der Waals surface area contributed by atoms with E-state index < -0.39 is 0 Å².